The van der Waals surface area contributed by atoms with Gasteiger partial charge in [-0.1, -0.05) is 17.7 Å². The van der Waals surface area contributed by atoms with Crippen molar-refractivity contribution in [2.24, 2.45) is 0 Å². The number of halogens is 5. The molecule has 0 spiro atoms. The number of carbonyl (C=O) groups excluding carboxylic acids is 2. The number of hydrogen-bond acceptors (Lipinski definition) is 5. The third kappa shape index (κ3) is 8.99. The first kappa shape index (κ1) is 27.1. The van der Waals surface area contributed by atoms with E-state index in [2.05, 4.69) is 22.2 Å². The zero-order valence-corrected chi connectivity index (χ0v) is 18.5. The molecule has 7 nitrogen and oxygen atoms in total. The van der Waals surface area contributed by atoms with Gasteiger partial charge in [0.2, 0.25) is 5.91 Å². The Bertz CT molecular complexity index is 1000. The molecular formula is C22H22ClF4N3O4. The molecule has 0 aliphatic carbocycles. The molecule has 0 radical (unpaired) electrons. The molecule has 1 aromatic heterocycles. The second-order valence-corrected chi connectivity index (χ2v) is 7.59. The molecule has 184 valence electrons. The minimum absolute atomic E-state index is 0.0310. The normalized spacial score (nSPS) is 13.0. The fraction of sp³-hybridized carbons (Fsp3) is 0.318. The molecule has 0 aliphatic heterocycles. The van der Waals surface area contributed by atoms with Crippen molar-refractivity contribution in [3.63, 3.8) is 0 Å². The number of aromatic nitrogens is 1. The lowest BCUT2D eigenvalue weighted by molar-refractivity contribution is -0.138. The maximum atomic E-state index is 13.4. The summed E-state index contributed by atoms with van der Waals surface area (Å²) in [4.78, 5) is 27.7. The van der Waals surface area contributed by atoms with Crippen molar-refractivity contribution in [3.8, 4) is 5.75 Å². The molecule has 34 heavy (non-hydrogen) atoms. The second-order valence-electron chi connectivity index (χ2n) is 7.18. The average Bonchev–Trinajstić information content (AvgIpc) is 2.77. The summed E-state index contributed by atoms with van der Waals surface area (Å²) in [6.07, 6.45) is -3.96. The van der Waals surface area contributed by atoms with E-state index < -0.39 is 48.1 Å². The highest BCUT2D eigenvalue weighted by Gasteiger charge is 2.30. The lowest BCUT2D eigenvalue weighted by Gasteiger charge is -2.18. The number of rotatable bonds is 11. The first-order valence-corrected chi connectivity index (χ1v) is 10.3. The van der Waals surface area contributed by atoms with Crippen LogP contribution >= 0.6 is 11.6 Å². The van der Waals surface area contributed by atoms with Crippen LogP contribution in [-0.2, 0) is 22.3 Å². The van der Waals surface area contributed by atoms with Gasteiger partial charge in [-0.15, -0.1) is 6.58 Å². The quantitative estimate of drug-likeness (QED) is 0.322. The van der Waals surface area contributed by atoms with Gasteiger partial charge in [0.25, 0.3) is 5.91 Å². The number of nitrogens with zero attached hydrogens (tertiary/aromatic N) is 1. The minimum atomic E-state index is -4.50. The van der Waals surface area contributed by atoms with Crippen LogP contribution in [0.15, 0.2) is 49.2 Å². The van der Waals surface area contributed by atoms with Crippen LogP contribution in [0.2, 0.25) is 5.02 Å². The predicted octanol–water partition coefficient (Wildman–Crippen LogP) is 3.40. The number of hydrogen-bond donors (Lipinski definition) is 3. The van der Waals surface area contributed by atoms with Gasteiger partial charge in [0.1, 0.15) is 11.6 Å². The monoisotopic (exact) mass is 503 g/mol. The third-order valence-electron chi connectivity index (χ3n) is 4.46. The smallest absolute Gasteiger partial charge is 0.417 e. The maximum absolute atomic E-state index is 13.4. The van der Waals surface area contributed by atoms with Crippen LogP contribution in [0.1, 0.15) is 24.1 Å². The fourth-order valence-corrected chi connectivity index (χ4v) is 2.84. The van der Waals surface area contributed by atoms with E-state index in [-0.39, 0.29) is 35.9 Å². The number of alkyl halides is 3. The summed E-state index contributed by atoms with van der Waals surface area (Å²) in [6, 6.07) is 5.02. The first-order valence-electron chi connectivity index (χ1n) is 9.94. The Kier molecular flexibility index (Phi) is 9.82. The largest absolute Gasteiger partial charge is 0.484 e. The zero-order valence-electron chi connectivity index (χ0n) is 17.7. The van der Waals surface area contributed by atoms with Crippen molar-refractivity contribution in [2.75, 3.05) is 6.61 Å². The predicted molar refractivity (Wildman–Crippen MR) is 115 cm³/mol. The van der Waals surface area contributed by atoms with Gasteiger partial charge < -0.3 is 20.5 Å². The van der Waals surface area contributed by atoms with Crippen molar-refractivity contribution < 1.29 is 37.0 Å². The van der Waals surface area contributed by atoms with E-state index in [4.69, 9.17) is 16.3 Å². The molecule has 2 atom stereocenters. The van der Waals surface area contributed by atoms with Gasteiger partial charge in [-0.25, -0.2) is 4.39 Å². The van der Waals surface area contributed by atoms with Crippen molar-refractivity contribution in [2.45, 2.75) is 37.7 Å². The molecule has 2 rings (SSSR count). The molecule has 0 saturated heterocycles. The van der Waals surface area contributed by atoms with E-state index in [0.717, 1.165) is 18.2 Å². The summed E-state index contributed by atoms with van der Waals surface area (Å²) in [5.41, 5.74) is -0.686. The average molecular weight is 504 g/mol. The molecule has 0 fully saturated rings. The Morgan fingerprint density at radius 2 is 1.97 bits per heavy atom. The molecular weight excluding hydrogens is 482 g/mol. The molecule has 0 saturated carbocycles. The second kappa shape index (κ2) is 12.3. The SMILES string of the molecule is C=CC(C[C@H](O)CC(=O)NCc1ccc(C(F)(F)F)cn1)NC(=O)COc1ccc(Cl)c(F)c1. The Hall–Kier alpha value is -3.18. The van der Waals surface area contributed by atoms with Gasteiger partial charge in [0.05, 0.1) is 35.3 Å². The van der Waals surface area contributed by atoms with Gasteiger partial charge in [-0.2, -0.15) is 13.2 Å². The lowest BCUT2D eigenvalue weighted by atomic mass is 10.1. The number of ether oxygens (including phenoxy) is 1. The summed E-state index contributed by atoms with van der Waals surface area (Å²) in [5, 5.41) is 15.0. The highest BCUT2D eigenvalue weighted by atomic mass is 35.5. The van der Waals surface area contributed by atoms with Crippen molar-refractivity contribution in [3.05, 3.63) is 71.3 Å². The summed E-state index contributed by atoms with van der Waals surface area (Å²) in [7, 11) is 0. The third-order valence-corrected chi connectivity index (χ3v) is 4.76. The van der Waals surface area contributed by atoms with Gasteiger partial charge in [0, 0.05) is 18.3 Å². The minimum Gasteiger partial charge on any atom is -0.484 e. The Labute approximate surface area is 197 Å². The number of carbonyl (C=O) groups is 2. The summed E-state index contributed by atoms with van der Waals surface area (Å²) < 4.78 is 56.2. The van der Waals surface area contributed by atoms with Gasteiger partial charge in [-0.05, 0) is 30.7 Å². The molecule has 0 bridgehead atoms. The topological polar surface area (TPSA) is 101 Å². The van der Waals surface area contributed by atoms with Crippen LogP contribution in [0.4, 0.5) is 17.6 Å². The lowest BCUT2D eigenvalue weighted by Crippen LogP contribution is -2.39. The molecule has 1 aromatic carbocycles. The number of aliphatic hydroxyl groups excluding tert-OH is 1. The van der Waals surface area contributed by atoms with Crippen LogP contribution in [-0.4, -0.2) is 40.7 Å². The summed E-state index contributed by atoms with van der Waals surface area (Å²) in [5.74, 6) is -1.72. The number of nitrogens with one attached hydrogen (secondary N) is 2. The number of pyridine rings is 1. The van der Waals surface area contributed by atoms with E-state index in [9.17, 15) is 32.3 Å². The molecule has 12 heteroatoms. The van der Waals surface area contributed by atoms with Crippen LogP contribution in [0.5, 0.6) is 5.75 Å². The zero-order chi connectivity index (χ0) is 25.3. The van der Waals surface area contributed by atoms with Crippen molar-refractivity contribution in [1.82, 2.24) is 15.6 Å². The van der Waals surface area contributed by atoms with E-state index in [0.29, 0.717) is 6.20 Å². The highest BCUT2D eigenvalue weighted by molar-refractivity contribution is 6.30. The summed E-state index contributed by atoms with van der Waals surface area (Å²) in [6.45, 7) is 3.02. The van der Waals surface area contributed by atoms with Crippen LogP contribution < -0.4 is 15.4 Å². The Balaban J connectivity index is 1.74. The molecule has 1 heterocycles. The maximum Gasteiger partial charge on any atom is 0.417 e. The Morgan fingerprint density at radius 1 is 1.24 bits per heavy atom. The number of amides is 2. The fourth-order valence-electron chi connectivity index (χ4n) is 2.73. The van der Waals surface area contributed by atoms with Crippen molar-refractivity contribution in [1.29, 1.82) is 0 Å². The van der Waals surface area contributed by atoms with Crippen LogP contribution in [0.25, 0.3) is 0 Å². The molecule has 2 amide bonds. The molecule has 1 unspecified atom stereocenters. The van der Waals surface area contributed by atoms with Crippen LogP contribution in [0.3, 0.4) is 0 Å². The Morgan fingerprint density at radius 3 is 2.56 bits per heavy atom. The molecule has 3 N–H and O–H groups in total. The van der Waals surface area contributed by atoms with Gasteiger partial charge >= 0.3 is 6.18 Å². The highest BCUT2D eigenvalue weighted by Crippen LogP contribution is 2.28. The molecule has 2 aromatic rings. The number of benzene rings is 1. The van der Waals surface area contributed by atoms with E-state index in [1.807, 2.05) is 0 Å². The van der Waals surface area contributed by atoms with E-state index in [1.165, 1.54) is 18.2 Å². The van der Waals surface area contributed by atoms with Crippen molar-refractivity contribution >= 4 is 23.4 Å². The van der Waals surface area contributed by atoms with E-state index in [1.54, 1.807) is 0 Å². The van der Waals surface area contributed by atoms with Gasteiger partial charge in [-0.3, -0.25) is 14.6 Å². The van der Waals surface area contributed by atoms with Gasteiger partial charge in [0.15, 0.2) is 6.61 Å². The summed E-state index contributed by atoms with van der Waals surface area (Å²) >= 11 is 5.57. The number of aliphatic hydroxyl groups is 1. The van der Waals surface area contributed by atoms with Crippen LogP contribution in [0, 0.1) is 5.82 Å². The van der Waals surface area contributed by atoms with E-state index >= 15 is 0 Å². The standard InChI is InChI=1S/C22H22ClF4N3O4/c1-2-14(30-21(33)12-34-17-5-6-18(23)19(24)9-17)7-16(31)8-20(32)29-11-15-4-3-13(10-28-15)22(25,26)27/h2-6,9-10,14,16,31H,1,7-8,11-12H2,(H,29,32)(H,30,33)/t14?,16-/m0/s1. The first-order chi connectivity index (χ1) is 16.0. The molecule has 0 aliphatic rings.